The van der Waals surface area contributed by atoms with E-state index in [1.54, 1.807) is 25.1 Å². The molecule has 0 aromatic heterocycles. The fourth-order valence-corrected chi connectivity index (χ4v) is 1.75. The van der Waals surface area contributed by atoms with E-state index in [1.165, 1.54) is 0 Å². The Morgan fingerprint density at radius 2 is 2.05 bits per heavy atom. The lowest BCUT2D eigenvalue weighted by molar-refractivity contribution is -0.116. The Morgan fingerprint density at radius 1 is 1.37 bits per heavy atom. The molecule has 0 saturated carbocycles. The highest BCUT2D eigenvalue weighted by Gasteiger charge is 2.11. The van der Waals surface area contributed by atoms with Crippen molar-refractivity contribution in [2.45, 2.75) is 26.7 Å². The highest BCUT2D eigenvalue weighted by atomic mass is 16.2. The van der Waals surface area contributed by atoms with Crippen LogP contribution in [-0.2, 0) is 4.79 Å². The van der Waals surface area contributed by atoms with Crippen LogP contribution >= 0.6 is 0 Å². The summed E-state index contributed by atoms with van der Waals surface area (Å²) in [6.07, 6.45) is 1.16. The quantitative estimate of drug-likeness (QED) is 0.723. The van der Waals surface area contributed by atoms with Crippen molar-refractivity contribution in [3.63, 3.8) is 0 Å². The fourth-order valence-electron chi connectivity index (χ4n) is 1.75. The van der Waals surface area contributed by atoms with Gasteiger partial charge in [0.15, 0.2) is 0 Å². The molecular formula is C14H21N3O2. The van der Waals surface area contributed by atoms with Gasteiger partial charge in [-0.2, -0.15) is 0 Å². The van der Waals surface area contributed by atoms with Gasteiger partial charge in [0.25, 0.3) is 0 Å². The van der Waals surface area contributed by atoms with Crippen molar-refractivity contribution in [2.75, 3.05) is 11.9 Å². The molecule has 5 nitrogen and oxygen atoms in total. The van der Waals surface area contributed by atoms with Crippen molar-refractivity contribution in [1.82, 2.24) is 0 Å². The number of hydrogen-bond acceptors (Lipinski definition) is 3. The Kier molecular flexibility index (Phi) is 5.51. The monoisotopic (exact) mass is 263 g/mol. The fraction of sp³-hybridized carbons (Fsp3) is 0.429. The van der Waals surface area contributed by atoms with Gasteiger partial charge in [0.05, 0.1) is 0 Å². The molecule has 0 saturated heterocycles. The minimum atomic E-state index is -0.495. The molecule has 2 amide bonds. The van der Waals surface area contributed by atoms with Gasteiger partial charge < -0.3 is 16.8 Å². The second kappa shape index (κ2) is 6.89. The lowest BCUT2D eigenvalue weighted by Gasteiger charge is -2.12. The van der Waals surface area contributed by atoms with E-state index < -0.39 is 5.91 Å². The van der Waals surface area contributed by atoms with E-state index >= 15 is 0 Å². The summed E-state index contributed by atoms with van der Waals surface area (Å²) in [6.45, 7) is 4.34. The van der Waals surface area contributed by atoms with Crippen LogP contribution in [-0.4, -0.2) is 18.4 Å². The molecule has 1 aromatic rings. The summed E-state index contributed by atoms with van der Waals surface area (Å²) < 4.78 is 0. The molecule has 5 heteroatoms. The third-order valence-electron chi connectivity index (χ3n) is 3.14. The van der Waals surface area contributed by atoms with Crippen LogP contribution in [0.5, 0.6) is 0 Å². The first-order chi connectivity index (χ1) is 8.95. The first kappa shape index (κ1) is 15.2. The van der Waals surface area contributed by atoms with Crippen molar-refractivity contribution in [2.24, 2.45) is 17.4 Å². The van der Waals surface area contributed by atoms with Crippen molar-refractivity contribution in [3.05, 3.63) is 29.3 Å². The van der Waals surface area contributed by atoms with E-state index in [0.29, 0.717) is 35.7 Å². The number of amides is 2. The molecule has 0 fully saturated rings. The first-order valence-corrected chi connectivity index (χ1v) is 6.35. The molecule has 5 N–H and O–H groups in total. The van der Waals surface area contributed by atoms with Crippen LogP contribution in [0.15, 0.2) is 18.2 Å². The summed E-state index contributed by atoms with van der Waals surface area (Å²) in [5.74, 6) is -0.251. The Hall–Kier alpha value is -1.88. The smallest absolute Gasteiger partial charge is 0.249 e. The number of carbonyl (C=O) groups is 2. The van der Waals surface area contributed by atoms with Crippen LogP contribution in [0.2, 0.25) is 0 Å². The van der Waals surface area contributed by atoms with Gasteiger partial charge in [-0.1, -0.05) is 13.0 Å². The van der Waals surface area contributed by atoms with Gasteiger partial charge in [-0.25, -0.2) is 0 Å². The van der Waals surface area contributed by atoms with E-state index in [-0.39, 0.29) is 5.91 Å². The number of carbonyl (C=O) groups excluding carboxylic acids is 2. The molecule has 1 rings (SSSR count). The molecule has 0 spiro atoms. The van der Waals surface area contributed by atoms with E-state index in [0.717, 1.165) is 6.42 Å². The average Bonchev–Trinajstić information content (AvgIpc) is 2.38. The van der Waals surface area contributed by atoms with E-state index in [4.69, 9.17) is 11.5 Å². The zero-order valence-electron chi connectivity index (χ0n) is 11.4. The highest BCUT2D eigenvalue weighted by Crippen LogP contribution is 2.19. The summed E-state index contributed by atoms with van der Waals surface area (Å²) >= 11 is 0. The second-order valence-corrected chi connectivity index (χ2v) is 4.77. The Bertz CT molecular complexity index is 472. The minimum Gasteiger partial charge on any atom is -0.366 e. The van der Waals surface area contributed by atoms with Crippen molar-refractivity contribution in [3.8, 4) is 0 Å². The third kappa shape index (κ3) is 4.37. The maximum absolute atomic E-state index is 11.8. The van der Waals surface area contributed by atoms with Crippen molar-refractivity contribution < 1.29 is 9.59 Å². The third-order valence-corrected chi connectivity index (χ3v) is 3.14. The number of nitrogens with one attached hydrogen (secondary N) is 1. The maximum Gasteiger partial charge on any atom is 0.249 e. The van der Waals surface area contributed by atoms with Gasteiger partial charge >= 0.3 is 0 Å². The standard InChI is InChI=1S/C14H21N3O2/c1-9(8-15)6-7-13(18)17-12-5-3-4-11(10(12)2)14(16)19/h3-5,9H,6-8,15H2,1-2H3,(H2,16,19)(H,17,18). The molecule has 0 aliphatic heterocycles. The van der Waals surface area contributed by atoms with Crippen LogP contribution in [0, 0.1) is 12.8 Å². The molecule has 1 atom stereocenters. The lowest BCUT2D eigenvalue weighted by Crippen LogP contribution is -2.18. The minimum absolute atomic E-state index is 0.0787. The predicted octanol–water partition coefficient (Wildman–Crippen LogP) is 1.41. The number of nitrogens with two attached hydrogens (primary N) is 2. The number of anilines is 1. The summed E-state index contributed by atoms with van der Waals surface area (Å²) in [7, 11) is 0. The van der Waals surface area contributed by atoms with Crippen LogP contribution in [0.3, 0.4) is 0 Å². The number of benzene rings is 1. The van der Waals surface area contributed by atoms with E-state index in [2.05, 4.69) is 5.32 Å². The average molecular weight is 263 g/mol. The second-order valence-electron chi connectivity index (χ2n) is 4.77. The zero-order chi connectivity index (χ0) is 14.4. The van der Waals surface area contributed by atoms with Crippen molar-refractivity contribution in [1.29, 1.82) is 0 Å². The highest BCUT2D eigenvalue weighted by molar-refractivity contribution is 5.98. The van der Waals surface area contributed by atoms with Crippen LogP contribution in [0.1, 0.15) is 35.7 Å². The van der Waals surface area contributed by atoms with Crippen LogP contribution in [0.25, 0.3) is 0 Å². The molecule has 0 bridgehead atoms. The van der Waals surface area contributed by atoms with Gasteiger partial charge in [-0.15, -0.1) is 0 Å². The molecule has 0 radical (unpaired) electrons. The SMILES string of the molecule is Cc1c(NC(=O)CCC(C)CN)cccc1C(N)=O. The lowest BCUT2D eigenvalue weighted by atomic mass is 10.0. The van der Waals surface area contributed by atoms with E-state index in [9.17, 15) is 9.59 Å². The molecule has 0 heterocycles. The van der Waals surface area contributed by atoms with Gasteiger partial charge in [0.2, 0.25) is 11.8 Å². The molecular weight excluding hydrogens is 242 g/mol. The largest absolute Gasteiger partial charge is 0.366 e. The molecule has 104 valence electrons. The summed E-state index contributed by atoms with van der Waals surface area (Å²) in [5, 5.41) is 2.80. The molecule has 19 heavy (non-hydrogen) atoms. The zero-order valence-corrected chi connectivity index (χ0v) is 11.4. The Labute approximate surface area is 113 Å². The molecule has 0 aliphatic rings. The van der Waals surface area contributed by atoms with Gasteiger partial charge in [0.1, 0.15) is 0 Å². The van der Waals surface area contributed by atoms with Gasteiger partial charge in [0, 0.05) is 17.7 Å². The van der Waals surface area contributed by atoms with Crippen molar-refractivity contribution >= 4 is 17.5 Å². The summed E-state index contributed by atoms with van der Waals surface area (Å²) in [5.41, 5.74) is 12.5. The molecule has 1 unspecified atom stereocenters. The predicted molar refractivity (Wildman–Crippen MR) is 75.8 cm³/mol. The topological polar surface area (TPSA) is 98.2 Å². The maximum atomic E-state index is 11.8. The first-order valence-electron chi connectivity index (χ1n) is 6.35. The van der Waals surface area contributed by atoms with E-state index in [1.807, 2.05) is 6.92 Å². The number of hydrogen-bond donors (Lipinski definition) is 3. The summed E-state index contributed by atoms with van der Waals surface area (Å²) in [4.78, 5) is 23.0. The van der Waals surface area contributed by atoms with Gasteiger partial charge in [-0.3, -0.25) is 9.59 Å². The normalized spacial score (nSPS) is 11.9. The molecule has 0 aliphatic carbocycles. The van der Waals surface area contributed by atoms with Crippen LogP contribution in [0.4, 0.5) is 5.69 Å². The Morgan fingerprint density at radius 3 is 2.63 bits per heavy atom. The van der Waals surface area contributed by atoms with Crippen LogP contribution < -0.4 is 16.8 Å². The number of rotatable bonds is 6. The molecule has 1 aromatic carbocycles. The Balaban J connectivity index is 2.69. The van der Waals surface area contributed by atoms with Gasteiger partial charge in [-0.05, 0) is 43.5 Å². The number of primary amides is 1. The summed E-state index contributed by atoms with van der Waals surface area (Å²) in [6, 6.07) is 5.10.